The van der Waals surface area contributed by atoms with Gasteiger partial charge in [0.15, 0.2) is 0 Å². The molecule has 4 heteroatoms. The van der Waals surface area contributed by atoms with Crippen molar-refractivity contribution in [2.24, 2.45) is 5.92 Å². The van der Waals surface area contributed by atoms with Crippen molar-refractivity contribution in [2.45, 2.75) is 37.5 Å². The zero-order valence-electron chi connectivity index (χ0n) is 9.67. The monoisotopic (exact) mass is 228 g/mol. The van der Waals surface area contributed by atoms with Crippen LogP contribution >= 0.6 is 11.9 Å². The predicted molar refractivity (Wildman–Crippen MR) is 65.6 cm³/mol. The normalized spacial score (nSPS) is 21.5. The summed E-state index contributed by atoms with van der Waals surface area (Å²) >= 11 is 1.55. The van der Waals surface area contributed by atoms with Gasteiger partial charge in [-0.25, -0.2) is 0 Å². The Labute approximate surface area is 96.2 Å². The largest absolute Gasteiger partial charge is 0.308 e. The molecule has 0 saturated heterocycles. The molecule has 0 aromatic carbocycles. The Morgan fingerprint density at radius 2 is 2.20 bits per heavy atom. The second kappa shape index (κ2) is 5.03. The highest BCUT2D eigenvalue weighted by Gasteiger charge is 2.39. The molecule has 1 unspecified atom stereocenters. The lowest BCUT2D eigenvalue weighted by molar-refractivity contribution is -0.121. The average molecular weight is 228 g/mol. The Morgan fingerprint density at radius 1 is 1.60 bits per heavy atom. The molecule has 1 aliphatic rings. The number of nitrogens with one attached hydrogen (secondary N) is 2. The Bertz CT molecular complexity index is 251. The standard InChI is InChI=1S/C11H20N2OS/c1-5-8(2)9(12-4)10(14)13-15-11(3)6-7-11/h5,8-9,12H,1,6-7H2,2-4H3,(H,13,14)/t8-,9?/m0/s1. The molecule has 0 aliphatic heterocycles. The summed E-state index contributed by atoms with van der Waals surface area (Å²) in [5.74, 6) is 0.186. The summed E-state index contributed by atoms with van der Waals surface area (Å²) in [6.07, 6.45) is 4.18. The van der Waals surface area contributed by atoms with E-state index in [0.29, 0.717) is 0 Å². The molecule has 15 heavy (non-hydrogen) atoms. The second-order valence-corrected chi connectivity index (χ2v) is 5.77. The fourth-order valence-electron chi connectivity index (χ4n) is 1.28. The van der Waals surface area contributed by atoms with Gasteiger partial charge in [-0.15, -0.1) is 6.58 Å². The van der Waals surface area contributed by atoms with Crippen LogP contribution in [0.5, 0.6) is 0 Å². The van der Waals surface area contributed by atoms with E-state index >= 15 is 0 Å². The maximum absolute atomic E-state index is 11.8. The summed E-state index contributed by atoms with van der Waals surface area (Å²) in [6.45, 7) is 7.86. The molecule has 0 spiro atoms. The Hall–Kier alpha value is -0.480. The third-order valence-corrected chi connectivity index (χ3v) is 4.05. The van der Waals surface area contributed by atoms with Gasteiger partial charge in [-0.2, -0.15) is 0 Å². The molecule has 2 atom stereocenters. The van der Waals surface area contributed by atoms with E-state index in [9.17, 15) is 4.79 Å². The van der Waals surface area contributed by atoms with Crippen molar-refractivity contribution in [3.8, 4) is 0 Å². The molecule has 3 nitrogen and oxygen atoms in total. The van der Waals surface area contributed by atoms with Gasteiger partial charge in [-0.3, -0.25) is 9.52 Å². The zero-order valence-corrected chi connectivity index (χ0v) is 10.5. The van der Waals surface area contributed by atoms with Gasteiger partial charge in [0.05, 0.1) is 6.04 Å². The summed E-state index contributed by atoms with van der Waals surface area (Å²) in [5.41, 5.74) is 0. The van der Waals surface area contributed by atoms with Crippen LogP contribution in [0.25, 0.3) is 0 Å². The first-order chi connectivity index (χ1) is 7.02. The van der Waals surface area contributed by atoms with Crippen molar-refractivity contribution in [3.63, 3.8) is 0 Å². The lowest BCUT2D eigenvalue weighted by Gasteiger charge is -2.20. The third kappa shape index (κ3) is 3.54. The van der Waals surface area contributed by atoms with Crippen LogP contribution in [0, 0.1) is 5.92 Å². The number of carbonyl (C=O) groups is 1. The summed E-state index contributed by atoms with van der Waals surface area (Å²) in [7, 11) is 1.80. The fraction of sp³-hybridized carbons (Fsp3) is 0.727. The minimum atomic E-state index is -0.183. The van der Waals surface area contributed by atoms with Crippen molar-refractivity contribution in [3.05, 3.63) is 12.7 Å². The van der Waals surface area contributed by atoms with Crippen molar-refractivity contribution in [1.29, 1.82) is 0 Å². The van der Waals surface area contributed by atoms with Crippen LogP contribution in [0.2, 0.25) is 0 Å². The van der Waals surface area contributed by atoms with E-state index in [1.165, 1.54) is 12.8 Å². The van der Waals surface area contributed by atoms with Crippen LogP contribution < -0.4 is 10.0 Å². The molecule has 1 saturated carbocycles. The van der Waals surface area contributed by atoms with Crippen LogP contribution in [0.4, 0.5) is 0 Å². The van der Waals surface area contributed by atoms with E-state index in [1.54, 1.807) is 25.1 Å². The number of hydrogen-bond acceptors (Lipinski definition) is 3. The molecule has 0 aromatic rings. The molecule has 1 aliphatic carbocycles. The van der Waals surface area contributed by atoms with Gasteiger partial charge in [0.2, 0.25) is 5.91 Å². The highest BCUT2D eigenvalue weighted by Crippen LogP contribution is 2.46. The molecule has 0 bridgehead atoms. The SMILES string of the molecule is C=C[C@H](C)C(NC)C(=O)NSC1(C)CC1. The minimum Gasteiger partial charge on any atom is -0.308 e. The topological polar surface area (TPSA) is 41.1 Å². The van der Waals surface area contributed by atoms with E-state index in [1.807, 2.05) is 6.92 Å². The fourth-order valence-corrected chi connectivity index (χ4v) is 2.06. The molecular weight excluding hydrogens is 208 g/mol. The number of rotatable bonds is 6. The summed E-state index contributed by atoms with van der Waals surface area (Å²) in [6, 6.07) is -0.183. The molecule has 0 heterocycles. The molecule has 1 fully saturated rings. The molecular formula is C11H20N2OS. The van der Waals surface area contributed by atoms with Gasteiger partial charge in [0, 0.05) is 4.75 Å². The lowest BCUT2D eigenvalue weighted by Crippen LogP contribution is -2.44. The summed E-state index contributed by atoms with van der Waals surface area (Å²) in [4.78, 5) is 11.8. The van der Waals surface area contributed by atoms with Crippen LogP contribution in [0.15, 0.2) is 12.7 Å². The van der Waals surface area contributed by atoms with E-state index in [2.05, 4.69) is 23.5 Å². The van der Waals surface area contributed by atoms with Gasteiger partial charge in [0.1, 0.15) is 0 Å². The number of amides is 1. The van der Waals surface area contributed by atoms with Crippen LogP contribution in [-0.4, -0.2) is 23.7 Å². The van der Waals surface area contributed by atoms with Crippen molar-refractivity contribution < 1.29 is 4.79 Å². The van der Waals surface area contributed by atoms with Crippen LogP contribution in [0.3, 0.4) is 0 Å². The predicted octanol–water partition coefficient (Wildman–Crippen LogP) is 1.71. The van der Waals surface area contributed by atoms with Crippen molar-refractivity contribution >= 4 is 17.9 Å². The first-order valence-electron chi connectivity index (χ1n) is 5.30. The minimum absolute atomic E-state index is 0.0445. The average Bonchev–Trinajstić information content (AvgIpc) is 2.95. The Morgan fingerprint density at radius 3 is 2.60 bits per heavy atom. The lowest BCUT2D eigenvalue weighted by atomic mass is 10.0. The first kappa shape index (κ1) is 12.6. The highest BCUT2D eigenvalue weighted by molar-refractivity contribution is 7.99. The van der Waals surface area contributed by atoms with Crippen molar-refractivity contribution in [2.75, 3.05) is 7.05 Å². The molecule has 2 N–H and O–H groups in total. The van der Waals surface area contributed by atoms with Crippen LogP contribution in [-0.2, 0) is 4.79 Å². The molecule has 86 valence electrons. The van der Waals surface area contributed by atoms with E-state index in [0.717, 1.165) is 0 Å². The number of hydrogen-bond donors (Lipinski definition) is 2. The number of likely N-dealkylation sites (N-methyl/N-ethyl adjacent to an activating group) is 1. The molecule has 0 radical (unpaired) electrons. The number of carbonyl (C=O) groups excluding carboxylic acids is 1. The van der Waals surface area contributed by atoms with Gasteiger partial charge in [-0.05, 0) is 44.7 Å². The van der Waals surface area contributed by atoms with Crippen molar-refractivity contribution in [1.82, 2.24) is 10.0 Å². The zero-order chi connectivity index (χ0) is 11.5. The third-order valence-electron chi connectivity index (χ3n) is 2.84. The van der Waals surface area contributed by atoms with Crippen LogP contribution in [0.1, 0.15) is 26.7 Å². The Kier molecular flexibility index (Phi) is 4.22. The molecule has 1 amide bonds. The molecule has 0 aromatic heterocycles. The molecule has 1 rings (SSSR count). The quantitative estimate of drug-likeness (QED) is 0.537. The van der Waals surface area contributed by atoms with E-state index < -0.39 is 0 Å². The maximum Gasteiger partial charge on any atom is 0.247 e. The van der Waals surface area contributed by atoms with Gasteiger partial charge >= 0.3 is 0 Å². The summed E-state index contributed by atoms with van der Waals surface area (Å²) < 4.78 is 3.20. The summed E-state index contributed by atoms with van der Waals surface area (Å²) in [5, 5.41) is 3.01. The van der Waals surface area contributed by atoms with E-state index in [4.69, 9.17) is 0 Å². The van der Waals surface area contributed by atoms with Gasteiger partial charge in [-0.1, -0.05) is 13.0 Å². The second-order valence-electron chi connectivity index (χ2n) is 4.38. The van der Waals surface area contributed by atoms with Gasteiger partial charge in [0.25, 0.3) is 0 Å². The maximum atomic E-state index is 11.8. The van der Waals surface area contributed by atoms with E-state index in [-0.39, 0.29) is 22.6 Å². The smallest absolute Gasteiger partial charge is 0.247 e. The highest BCUT2D eigenvalue weighted by atomic mass is 32.2. The Balaban J connectivity index is 2.39. The van der Waals surface area contributed by atoms with Gasteiger partial charge < -0.3 is 5.32 Å². The first-order valence-corrected chi connectivity index (χ1v) is 6.12.